The molecule has 1 saturated heterocycles. The monoisotopic (exact) mass is 530 g/mol. The van der Waals surface area contributed by atoms with E-state index in [1.165, 1.54) is 12.1 Å². The molecular formula is C28H28ClFO7. The van der Waals surface area contributed by atoms with E-state index >= 15 is 0 Å². The molecule has 9 heteroatoms. The fourth-order valence-electron chi connectivity index (χ4n) is 4.81. The number of ether oxygens (including phenoxy) is 3. The molecule has 0 amide bonds. The highest BCUT2D eigenvalue weighted by molar-refractivity contribution is 6.31. The fourth-order valence-corrected chi connectivity index (χ4v) is 5.00. The third-order valence-electron chi connectivity index (χ3n) is 6.90. The number of aliphatic hydroxyl groups excluding tert-OH is 4. The Morgan fingerprint density at radius 2 is 1.73 bits per heavy atom. The topological polar surface area (TPSA) is 109 Å². The summed E-state index contributed by atoms with van der Waals surface area (Å²) < 4.78 is 30.7. The molecule has 2 aliphatic heterocycles. The summed E-state index contributed by atoms with van der Waals surface area (Å²) in [6.45, 7) is 0.183. The second kappa shape index (κ2) is 11.0. The number of fused-ring (bicyclic) bond motifs is 1. The van der Waals surface area contributed by atoms with Crippen molar-refractivity contribution in [3.63, 3.8) is 0 Å². The Bertz CT molecular complexity index is 1240. The zero-order valence-corrected chi connectivity index (χ0v) is 20.6. The largest absolute Gasteiger partial charge is 0.491 e. The van der Waals surface area contributed by atoms with Gasteiger partial charge in [0.1, 0.15) is 54.8 Å². The molecular weight excluding hydrogens is 503 g/mol. The van der Waals surface area contributed by atoms with E-state index in [1.807, 2.05) is 24.3 Å². The van der Waals surface area contributed by atoms with Crippen LogP contribution in [0.25, 0.3) is 0 Å². The molecule has 2 heterocycles. The summed E-state index contributed by atoms with van der Waals surface area (Å²) in [7, 11) is 0. The number of hydrogen-bond donors (Lipinski definition) is 4. The molecule has 0 bridgehead atoms. The van der Waals surface area contributed by atoms with Crippen molar-refractivity contribution < 1.29 is 39.0 Å². The van der Waals surface area contributed by atoms with Gasteiger partial charge in [0.25, 0.3) is 0 Å². The quantitative estimate of drug-likeness (QED) is 0.371. The second-order valence-electron chi connectivity index (χ2n) is 9.37. The maximum absolute atomic E-state index is 13.4. The molecule has 0 spiro atoms. The molecule has 196 valence electrons. The van der Waals surface area contributed by atoms with Crippen molar-refractivity contribution in [2.75, 3.05) is 13.2 Å². The van der Waals surface area contributed by atoms with E-state index in [1.54, 1.807) is 24.3 Å². The molecule has 37 heavy (non-hydrogen) atoms. The third kappa shape index (κ3) is 5.51. The maximum Gasteiger partial charge on any atom is 0.123 e. The van der Waals surface area contributed by atoms with Crippen LogP contribution >= 0.6 is 11.6 Å². The minimum Gasteiger partial charge on any atom is -0.491 e. The Balaban J connectivity index is 1.24. The van der Waals surface area contributed by atoms with Gasteiger partial charge in [0, 0.05) is 5.02 Å². The molecule has 0 radical (unpaired) electrons. The summed E-state index contributed by atoms with van der Waals surface area (Å²) in [5.41, 5.74) is 4.11. The van der Waals surface area contributed by atoms with Crippen molar-refractivity contribution in [1.29, 1.82) is 0 Å². The van der Waals surface area contributed by atoms with Crippen LogP contribution < -0.4 is 4.74 Å². The lowest BCUT2D eigenvalue weighted by Crippen LogP contribution is -2.55. The Morgan fingerprint density at radius 1 is 0.946 bits per heavy atom. The van der Waals surface area contributed by atoms with Gasteiger partial charge in [0.15, 0.2) is 0 Å². The van der Waals surface area contributed by atoms with Gasteiger partial charge in [-0.15, -0.1) is 0 Å². The summed E-state index contributed by atoms with van der Waals surface area (Å²) in [5, 5.41) is 40.6. The normalized spacial score (nSPS) is 27.2. The van der Waals surface area contributed by atoms with E-state index in [9.17, 15) is 24.8 Å². The van der Waals surface area contributed by atoms with Crippen molar-refractivity contribution >= 4 is 11.6 Å². The number of rotatable bonds is 7. The Kier molecular flexibility index (Phi) is 7.78. The lowest BCUT2D eigenvalue weighted by atomic mass is 9.90. The van der Waals surface area contributed by atoms with Gasteiger partial charge in [-0.1, -0.05) is 41.9 Å². The highest BCUT2D eigenvalue weighted by atomic mass is 35.5. The van der Waals surface area contributed by atoms with Crippen LogP contribution in [-0.4, -0.2) is 58.1 Å². The fraction of sp³-hybridized carbons (Fsp3) is 0.357. The van der Waals surface area contributed by atoms with Crippen LogP contribution in [0.3, 0.4) is 0 Å². The van der Waals surface area contributed by atoms with Gasteiger partial charge in [-0.25, -0.2) is 4.39 Å². The molecule has 0 unspecified atom stereocenters. The van der Waals surface area contributed by atoms with E-state index in [0.29, 0.717) is 36.0 Å². The summed E-state index contributed by atoms with van der Waals surface area (Å²) in [5.74, 6) is 0.391. The number of halogens is 2. The summed E-state index contributed by atoms with van der Waals surface area (Å²) in [4.78, 5) is 0. The zero-order valence-electron chi connectivity index (χ0n) is 19.8. The Labute approximate surface area is 218 Å². The predicted octanol–water partition coefficient (Wildman–Crippen LogP) is 3.24. The van der Waals surface area contributed by atoms with Crippen LogP contribution in [0.15, 0.2) is 60.7 Å². The van der Waals surface area contributed by atoms with Crippen LogP contribution in [0.2, 0.25) is 5.02 Å². The van der Waals surface area contributed by atoms with Gasteiger partial charge < -0.3 is 34.6 Å². The Hall–Kier alpha value is -2.56. The van der Waals surface area contributed by atoms with Crippen LogP contribution in [-0.2, 0) is 22.5 Å². The highest BCUT2D eigenvalue weighted by Gasteiger charge is 2.44. The van der Waals surface area contributed by atoms with E-state index in [2.05, 4.69) is 0 Å². The van der Waals surface area contributed by atoms with Gasteiger partial charge in [0.05, 0.1) is 13.2 Å². The minimum atomic E-state index is -1.45. The molecule has 0 saturated carbocycles. The molecule has 0 aliphatic carbocycles. The molecule has 3 aromatic carbocycles. The zero-order chi connectivity index (χ0) is 26.1. The molecule has 0 aromatic heterocycles. The first-order valence-corrected chi connectivity index (χ1v) is 12.4. The number of aliphatic hydroxyl groups is 4. The first kappa shape index (κ1) is 26.1. The van der Waals surface area contributed by atoms with Gasteiger partial charge in [0.2, 0.25) is 0 Å². The predicted molar refractivity (Wildman–Crippen MR) is 133 cm³/mol. The average molecular weight is 531 g/mol. The van der Waals surface area contributed by atoms with Crippen LogP contribution in [0, 0.1) is 5.82 Å². The van der Waals surface area contributed by atoms with Gasteiger partial charge in [-0.2, -0.15) is 0 Å². The van der Waals surface area contributed by atoms with Crippen LogP contribution in [0.5, 0.6) is 5.75 Å². The third-order valence-corrected chi connectivity index (χ3v) is 7.27. The molecule has 4 N–H and O–H groups in total. The number of hydrogen-bond acceptors (Lipinski definition) is 7. The summed E-state index contributed by atoms with van der Waals surface area (Å²) in [6, 6.07) is 17.4. The number of benzene rings is 3. The molecule has 6 atom stereocenters. The second-order valence-corrected chi connectivity index (χ2v) is 9.78. The lowest BCUT2D eigenvalue weighted by molar-refractivity contribution is -0.231. The van der Waals surface area contributed by atoms with Crippen molar-refractivity contribution in [1.82, 2.24) is 0 Å². The van der Waals surface area contributed by atoms with Crippen molar-refractivity contribution in [3.8, 4) is 5.75 Å². The SMILES string of the molecule is OC[C@H]1O[C@@H](c2ccc(Cl)c(Cc3ccc(OC[C@H]4OCc5cc(F)ccc54)cc3)c2)[C@H](O)[C@@H](O)[C@@H]1O. The van der Waals surface area contributed by atoms with Gasteiger partial charge >= 0.3 is 0 Å². The minimum absolute atomic E-state index is 0.251. The summed E-state index contributed by atoms with van der Waals surface area (Å²) in [6.07, 6.45) is -5.90. The molecule has 1 fully saturated rings. The van der Waals surface area contributed by atoms with Crippen LogP contribution in [0.4, 0.5) is 4.39 Å². The summed E-state index contributed by atoms with van der Waals surface area (Å²) >= 11 is 6.44. The maximum atomic E-state index is 13.4. The van der Waals surface area contributed by atoms with E-state index in [4.69, 9.17) is 25.8 Å². The molecule has 5 rings (SSSR count). The highest BCUT2D eigenvalue weighted by Crippen LogP contribution is 2.35. The van der Waals surface area contributed by atoms with E-state index in [0.717, 1.165) is 22.3 Å². The van der Waals surface area contributed by atoms with Gasteiger partial charge in [-0.3, -0.25) is 0 Å². The standard InChI is InChI=1S/C28H28ClFO7/c29-22-8-3-16(28-27(34)26(33)25(32)23(12-31)37-28)10-17(22)9-15-1-5-20(6-2-15)35-14-24-21-7-4-19(30)11-18(21)13-36-24/h1-8,10-11,23-28,31-34H,9,12-14H2/t23-,24-,25-,26+,27-,28+/m1/s1. The first-order valence-electron chi connectivity index (χ1n) is 12.0. The van der Waals surface area contributed by atoms with E-state index < -0.39 is 37.1 Å². The van der Waals surface area contributed by atoms with Crippen LogP contribution in [0.1, 0.15) is 40.0 Å². The van der Waals surface area contributed by atoms with Crippen molar-refractivity contribution in [2.45, 2.75) is 49.7 Å². The molecule has 3 aromatic rings. The molecule has 2 aliphatic rings. The lowest BCUT2D eigenvalue weighted by Gasteiger charge is -2.40. The molecule has 7 nitrogen and oxygen atoms in total. The Morgan fingerprint density at radius 3 is 2.49 bits per heavy atom. The first-order chi connectivity index (χ1) is 17.8. The van der Waals surface area contributed by atoms with Gasteiger partial charge in [-0.05, 0) is 64.6 Å². The average Bonchev–Trinajstić information content (AvgIpc) is 3.30. The van der Waals surface area contributed by atoms with E-state index in [-0.39, 0.29) is 11.9 Å². The van der Waals surface area contributed by atoms with Crippen molar-refractivity contribution in [3.05, 3.63) is 99.3 Å². The van der Waals surface area contributed by atoms with Crippen molar-refractivity contribution in [2.24, 2.45) is 0 Å². The smallest absolute Gasteiger partial charge is 0.123 e.